The molecule has 2 unspecified atom stereocenters. The fourth-order valence-electron chi connectivity index (χ4n) is 2.85. The first kappa shape index (κ1) is 15.7. The van der Waals surface area contributed by atoms with Crippen LogP contribution in [0.25, 0.3) is 0 Å². The molecule has 0 bridgehead atoms. The van der Waals surface area contributed by atoms with Gasteiger partial charge in [-0.25, -0.2) is 9.97 Å². The van der Waals surface area contributed by atoms with Gasteiger partial charge in [-0.2, -0.15) is 0 Å². The van der Waals surface area contributed by atoms with E-state index in [1.54, 1.807) is 11.8 Å². The van der Waals surface area contributed by atoms with Crippen molar-refractivity contribution in [3.05, 3.63) is 28.7 Å². The first-order chi connectivity index (χ1) is 11.2. The van der Waals surface area contributed by atoms with Crippen LogP contribution in [0.2, 0.25) is 5.28 Å². The number of hydrogen-bond acceptors (Lipinski definition) is 7. The van der Waals surface area contributed by atoms with E-state index in [1.165, 1.54) is 0 Å². The maximum atomic E-state index is 13.0. The predicted molar refractivity (Wildman–Crippen MR) is 92.8 cm³/mol. The summed E-state index contributed by atoms with van der Waals surface area (Å²) in [5, 5.41) is 5.30. The van der Waals surface area contributed by atoms with Gasteiger partial charge in [0.25, 0.3) is 0 Å². The smallest absolute Gasteiger partial charge is 0.224 e. The molecule has 6 nitrogen and oxygen atoms in total. The zero-order chi connectivity index (χ0) is 15.9. The molecule has 2 atom stereocenters. The Morgan fingerprint density at radius 3 is 2.83 bits per heavy atom. The van der Waals surface area contributed by atoms with E-state index in [0.29, 0.717) is 13.2 Å². The number of nitrogens with one attached hydrogen (secondary N) is 1. The number of thioether (sulfide) groups is 1. The Balaban J connectivity index is 1.63. The number of halogens is 1. The Bertz CT molecular complexity index is 654. The minimum absolute atomic E-state index is 0.113. The molecule has 0 amide bonds. The van der Waals surface area contributed by atoms with E-state index >= 15 is 0 Å². The number of rotatable bonds is 4. The second-order valence-corrected chi connectivity index (χ2v) is 9.21. The SMILES string of the molecule is O=S(C1NC=CS1)C1(c2cc(N3CCOCC3)nc(Cl)n2)CC1. The van der Waals surface area contributed by atoms with E-state index in [9.17, 15) is 4.21 Å². The van der Waals surface area contributed by atoms with Gasteiger partial charge in [-0.1, -0.05) is 11.8 Å². The fraction of sp³-hybridized carbons (Fsp3) is 0.571. The van der Waals surface area contributed by atoms with E-state index in [4.69, 9.17) is 16.3 Å². The normalized spacial score (nSPS) is 26.8. The second kappa shape index (κ2) is 6.23. The minimum atomic E-state index is -1.07. The highest BCUT2D eigenvalue weighted by Crippen LogP contribution is 2.53. The second-order valence-electron chi connectivity index (χ2n) is 5.71. The molecule has 4 rings (SSSR count). The van der Waals surface area contributed by atoms with E-state index in [0.717, 1.165) is 37.4 Å². The van der Waals surface area contributed by atoms with Crippen molar-refractivity contribution in [1.82, 2.24) is 15.3 Å². The van der Waals surface area contributed by atoms with Crippen LogP contribution < -0.4 is 10.2 Å². The molecule has 0 aromatic carbocycles. The maximum absolute atomic E-state index is 13.0. The van der Waals surface area contributed by atoms with Gasteiger partial charge >= 0.3 is 0 Å². The first-order valence-corrected chi connectivity index (χ1v) is 10.1. The van der Waals surface area contributed by atoms with Gasteiger partial charge in [0.2, 0.25) is 5.28 Å². The van der Waals surface area contributed by atoms with E-state index < -0.39 is 15.5 Å². The molecule has 1 saturated heterocycles. The standard InChI is InChI=1S/C14H17ClN4O2S2/c15-12-17-10(9-11(18-12)19-4-6-21-7-5-19)14(1-2-14)23(20)13-16-3-8-22-13/h3,8-9,13,16H,1-2,4-7H2. The van der Waals surface area contributed by atoms with Crippen molar-refractivity contribution in [2.45, 2.75) is 22.3 Å². The van der Waals surface area contributed by atoms with Crippen LogP contribution in [0.3, 0.4) is 0 Å². The third kappa shape index (κ3) is 2.97. The summed E-state index contributed by atoms with van der Waals surface area (Å²) in [6.45, 7) is 2.93. The predicted octanol–water partition coefficient (Wildman–Crippen LogP) is 1.80. The molecule has 2 aliphatic heterocycles. The lowest BCUT2D eigenvalue weighted by Gasteiger charge is -2.28. The van der Waals surface area contributed by atoms with Gasteiger partial charge in [-0.05, 0) is 29.9 Å². The Morgan fingerprint density at radius 1 is 1.39 bits per heavy atom. The summed E-state index contributed by atoms with van der Waals surface area (Å²) in [7, 11) is -1.07. The molecule has 0 spiro atoms. The van der Waals surface area contributed by atoms with Gasteiger partial charge in [-0.3, -0.25) is 4.21 Å². The lowest BCUT2D eigenvalue weighted by molar-refractivity contribution is 0.122. The molecule has 1 aromatic rings. The zero-order valence-corrected chi connectivity index (χ0v) is 14.8. The lowest BCUT2D eigenvalue weighted by atomic mass is 10.2. The Morgan fingerprint density at radius 2 is 2.17 bits per heavy atom. The van der Waals surface area contributed by atoms with Crippen LogP contribution in [0.1, 0.15) is 18.5 Å². The van der Waals surface area contributed by atoms with Crippen LogP contribution in [0.15, 0.2) is 17.7 Å². The molecule has 1 N–H and O–H groups in total. The lowest BCUT2D eigenvalue weighted by Crippen LogP contribution is -2.37. The van der Waals surface area contributed by atoms with Gasteiger partial charge in [0.1, 0.15) is 5.82 Å². The van der Waals surface area contributed by atoms with Crippen molar-refractivity contribution < 1.29 is 8.95 Å². The van der Waals surface area contributed by atoms with Crippen molar-refractivity contribution in [3.8, 4) is 0 Å². The third-order valence-electron chi connectivity index (χ3n) is 4.27. The fourth-order valence-corrected chi connectivity index (χ4v) is 6.06. The van der Waals surface area contributed by atoms with Crippen molar-refractivity contribution in [3.63, 3.8) is 0 Å². The molecular weight excluding hydrogens is 356 g/mol. The van der Waals surface area contributed by atoms with Crippen molar-refractivity contribution in [2.75, 3.05) is 31.2 Å². The maximum Gasteiger partial charge on any atom is 0.224 e. The van der Waals surface area contributed by atoms with Crippen LogP contribution in [-0.2, 0) is 20.3 Å². The van der Waals surface area contributed by atoms with Crippen LogP contribution in [-0.4, -0.2) is 45.2 Å². The molecule has 2 fully saturated rings. The molecule has 3 aliphatic rings. The Labute approximate surface area is 146 Å². The Kier molecular flexibility index (Phi) is 4.25. The number of hydrogen-bond donors (Lipinski definition) is 1. The summed E-state index contributed by atoms with van der Waals surface area (Å²) in [4.78, 5) is 10.9. The molecule has 1 aromatic heterocycles. The van der Waals surface area contributed by atoms with Crippen LogP contribution in [0.5, 0.6) is 0 Å². The van der Waals surface area contributed by atoms with Crippen LogP contribution >= 0.6 is 23.4 Å². The number of nitrogens with zero attached hydrogens (tertiary/aromatic N) is 3. The van der Waals surface area contributed by atoms with Gasteiger partial charge in [0, 0.05) is 25.4 Å². The van der Waals surface area contributed by atoms with Gasteiger partial charge < -0.3 is 15.0 Å². The summed E-state index contributed by atoms with van der Waals surface area (Å²) in [6.07, 6.45) is 3.58. The number of morpholine rings is 1. The summed E-state index contributed by atoms with van der Waals surface area (Å²) in [5.74, 6) is 0.803. The van der Waals surface area contributed by atoms with Gasteiger partial charge in [-0.15, -0.1) is 0 Å². The molecule has 0 radical (unpaired) electrons. The van der Waals surface area contributed by atoms with Crippen LogP contribution in [0, 0.1) is 0 Å². The molecular formula is C14H17ClN4O2S2. The zero-order valence-electron chi connectivity index (χ0n) is 12.4. The summed E-state index contributed by atoms with van der Waals surface area (Å²) in [5.41, 5.74) is 0.798. The van der Waals surface area contributed by atoms with Crippen molar-refractivity contribution in [1.29, 1.82) is 0 Å². The van der Waals surface area contributed by atoms with Gasteiger partial charge in [0.15, 0.2) is 4.71 Å². The van der Waals surface area contributed by atoms with Crippen molar-refractivity contribution in [2.24, 2.45) is 0 Å². The van der Waals surface area contributed by atoms with E-state index in [-0.39, 0.29) is 9.99 Å². The minimum Gasteiger partial charge on any atom is -0.378 e. The average Bonchev–Trinajstić information content (AvgIpc) is 3.21. The summed E-state index contributed by atoms with van der Waals surface area (Å²) < 4.78 is 17.9. The highest BCUT2D eigenvalue weighted by Gasteiger charge is 2.54. The van der Waals surface area contributed by atoms with E-state index in [2.05, 4.69) is 20.2 Å². The van der Waals surface area contributed by atoms with E-state index in [1.807, 2.05) is 17.7 Å². The van der Waals surface area contributed by atoms with Crippen LogP contribution in [0.4, 0.5) is 5.82 Å². The average molecular weight is 373 g/mol. The molecule has 1 aliphatic carbocycles. The number of aromatic nitrogens is 2. The molecule has 23 heavy (non-hydrogen) atoms. The largest absolute Gasteiger partial charge is 0.378 e. The topological polar surface area (TPSA) is 67.4 Å². The monoisotopic (exact) mass is 372 g/mol. The van der Waals surface area contributed by atoms with Gasteiger partial charge in [0.05, 0.1) is 34.5 Å². The summed E-state index contributed by atoms with van der Waals surface area (Å²) >= 11 is 7.71. The summed E-state index contributed by atoms with van der Waals surface area (Å²) in [6, 6.07) is 1.95. The molecule has 3 heterocycles. The highest BCUT2D eigenvalue weighted by molar-refractivity contribution is 8.13. The highest BCUT2D eigenvalue weighted by atomic mass is 35.5. The molecule has 1 saturated carbocycles. The third-order valence-corrected chi connectivity index (χ3v) is 7.89. The first-order valence-electron chi connectivity index (χ1n) is 7.54. The Hall–Kier alpha value is -0.830. The number of anilines is 1. The molecule has 124 valence electrons. The quantitative estimate of drug-likeness (QED) is 0.808. The van der Waals surface area contributed by atoms with Crippen molar-refractivity contribution >= 4 is 40.0 Å². The number of ether oxygens (including phenoxy) is 1. The molecule has 9 heteroatoms.